The summed E-state index contributed by atoms with van der Waals surface area (Å²) in [5.41, 5.74) is 6.31. The van der Waals surface area contributed by atoms with Gasteiger partial charge in [0.15, 0.2) is 0 Å². The van der Waals surface area contributed by atoms with Crippen molar-refractivity contribution in [1.82, 2.24) is 0 Å². The molecule has 0 bridgehead atoms. The molecule has 1 aromatic heterocycles. The first-order valence-corrected chi connectivity index (χ1v) is 5.32. The fraction of sp³-hybridized carbons (Fsp3) is 0.231. The summed E-state index contributed by atoms with van der Waals surface area (Å²) in [5.74, 6) is 0.936. The van der Waals surface area contributed by atoms with Gasteiger partial charge in [0.2, 0.25) is 0 Å². The summed E-state index contributed by atoms with van der Waals surface area (Å²) in [6, 6.07) is 9.97. The third-order valence-electron chi connectivity index (χ3n) is 2.57. The third kappa shape index (κ3) is 1.99. The highest BCUT2D eigenvalue weighted by atomic mass is 19.1. The Bertz CT molecular complexity index is 478. The maximum Gasteiger partial charge on any atom is 0.137 e. The van der Waals surface area contributed by atoms with Crippen LogP contribution in [0.5, 0.6) is 0 Å². The summed E-state index contributed by atoms with van der Waals surface area (Å²) < 4.78 is 19.0. The van der Waals surface area contributed by atoms with Crippen LogP contribution < -0.4 is 5.73 Å². The van der Waals surface area contributed by atoms with E-state index >= 15 is 0 Å². The molecule has 16 heavy (non-hydrogen) atoms. The fourth-order valence-electron chi connectivity index (χ4n) is 1.56. The van der Waals surface area contributed by atoms with E-state index in [1.807, 2.05) is 6.92 Å². The van der Waals surface area contributed by atoms with E-state index in [1.165, 1.54) is 6.07 Å². The molecule has 0 fully saturated rings. The van der Waals surface area contributed by atoms with Crippen LogP contribution >= 0.6 is 0 Å². The minimum absolute atomic E-state index is 0.125. The SMILES string of the molecule is CCC(N)c1ccc(-c2ccccc2F)o1. The van der Waals surface area contributed by atoms with Crippen LogP contribution in [0.15, 0.2) is 40.8 Å². The zero-order chi connectivity index (χ0) is 11.5. The van der Waals surface area contributed by atoms with E-state index in [-0.39, 0.29) is 11.9 Å². The molecular weight excluding hydrogens is 205 g/mol. The molecule has 3 heteroatoms. The van der Waals surface area contributed by atoms with E-state index in [0.29, 0.717) is 17.1 Å². The molecule has 2 N–H and O–H groups in total. The first-order valence-electron chi connectivity index (χ1n) is 5.32. The highest BCUT2D eigenvalue weighted by Gasteiger charge is 2.12. The number of hydrogen-bond acceptors (Lipinski definition) is 2. The van der Waals surface area contributed by atoms with E-state index in [4.69, 9.17) is 10.2 Å². The van der Waals surface area contributed by atoms with Gasteiger partial charge in [-0.1, -0.05) is 19.1 Å². The van der Waals surface area contributed by atoms with Crippen molar-refractivity contribution in [1.29, 1.82) is 0 Å². The van der Waals surface area contributed by atoms with Crippen LogP contribution in [0.4, 0.5) is 4.39 Å². The molecule has 0 aliphatic carbocycles. The van der Waals surface area contributed by atoms with Gasteiger partial charge in [0.1, 0.15) is 17.3 Å². The van der Waals surface area contributed by atoms with Gasteiger partial charge in [-0.15, -0.1) is 0 Å². The van der Waals surface area contributed by atoms with Gasteiger partial charge < -0.3 is 10.2 Å². The minimum Gasteiger partial charge on any atom is -0.459 e. The van der Waals surface area contributed by atoms with Crippen molar-refractivity contribution in [3.8, 4) is 11.3 Å². The molecule has 0 spiro atoms. The maximum absolute atomic E-state index is 13.5. The van der Waals surface area contributed by atoms with E-state index < -0.39 is 0 Å². The van der Waals surface area contributed by atoms with Gasteiger partial charge in [0.25, 0.3) is 0 Å². The van der Waals surface area contributed by atoms with Crippen molar-refractivity contribution in [2.45, 2.75) is 19.4 Å². The van der Waals surface area contributed by atoms with E-state index in [2.05, 4.69) is 0 Å². The second kappa shape index (κ2) is 4.49. The first-order chi connectivity index (χ1) is 7.72. The lowest BCUT2D eigenvalue weighted by Gasteiger charge is -2.04. The minimum atomic E-state index is -0.284. The van der Waals surface area contributed by atoms with Crippen LogP contribution in [0.25, 0.3) is 11.3 Å². The molecule has 2 nitrogen and oxygen atoms in total. The highest BCUT2D eigenvalue weighted by Crippen LogP contribution is 2.27. The number of nitrogens with two attached hydrogens (primary N) is 1. The molecule has 0 saturated heterocycles. The molecule has 84 valence electrons. The lowest BCUT2D eigenvalue weighted by Crippen LogP contribution is -2.06. The van der Waals surface area contributed by atoms with Gasteiger partial charge in [0.05, 0.1) is 11.6 Å². The predicted octanol–water partition coefficient (Wildman–Crippen LogP) is 3.50. The standard InChI is InChI=1S/C13H14FNO/c1-2-11(15)13-8-7-12(16-13)9-5-3-4-6-10(9)14/h3-8,11H,2,15H2,1H3. The molecule has 1 heterocycles. The number of hydrogen-bond donors (Lipinski definition) is 1. The van der Waals surface area contributed by atoms with Crippen LogP contribution in [-0.4, -0.2) is 0 Å². The number of rotatable bonds is 3. The molecule has 0 saturated carbocycles. The Labute approximate surface area is 93.9 Å². The topological polar surface area (TPSA) is 39.2 Å². The largest absolute Gasteiger partial charge is 0.459 e. The van der Waals surface area contributed by atoms with Crippen LogP contribution in [0.3, 0.4) is 0 Å². The van der Waals surface area contributed by atoms with Crippen molar-refractivity contribution in [3.63, 3.8) is 0 Å². The Kier molecular flexibility index (Phi) is 3.06. The molecule has 0 amide bonds. The first kappa shape index (κ1) is 10.9. The van der Waals surface area contributed by atoms with Gasteiger partial charge in [-0.05, 0) is 30.7 Å². The Morgan fingerprint density at radius 3 is 2.69 bits per heavy atom. The summed E-state index contributed by atoms with van der Waals surface area (Å²) in [6.07, 6.45) is 0.796. The Morgan fingerprint density at radius 1 is 1.25 bits per heavy atom. The summed E-state index contributed by atoms with van der Waals surface area (Å²) in [5, 5.41) is 0. The van der Waals surface area contributed by atoms with Crippen molar-refractivity contribution in [2.24, 2.45) is 5.73 Å². The molecule has 2 aromatic rings. The van der Waals surface area contributed by atoms with Gasteiger partial charge in [0, 0.05) is 0 Å². The van der Waals surface area contributed by atoms with E-state index in [0.717, 1.165) is 6.42 Å². The van der Waals surface area contributed by atoms with Crippen LogP contribution in [0.1, 0.15) is 25.1 Å². The second-order valence-corrected chi connectivity index (χ2v) is 3.70. The van der Waals surface area contributed by atoms with E-state index in [1.54, 1.807) is 30.3 Å². The number of benzene rings is 1. The Balaban J connectivity index is 2.35. The molecule has 0 radical (unpaired) electrons. The second-order valence-electron chi connectivity index (χ2n) is 3.70. The highest BCUT2D eigenvalue weighted by molar-refractivity contribution is 5.58. The van der Waals surface area contributed by atoms with Crippen LogP contribution in [0.2, 0.25) is 0 Å². The van der Waals surface area contributed by atoms with Crippen molar-refractivity contribution < 1.29 is 8.81 Å². The molecule has 1 atom stereocenters. The molecule has 1 aromatic carbocycles. The monoisotopic (exact) mass is 219 g/mol. The van der Waals surface area contributed by atoms with Crippen LogP contribution in [0, 0.1) is 5.82 Å². The number of halogens is 1. The average Bonchev–Trinajstić information content (AvgIpc) is 2.78. The Hall–Kier alpha value is -1.61. The predicted molar refractivity (Wildman–Crippen MR) is 61.3 cm³/mol. The lowest BCUT2D eigenvalue weighted by atomic mass is 10.1. The van der Waals surface area contributed by atoms with Crippen LogP contribution in [-0.2, 0) is 0 Å². The van der Waals surface area contributed by atoms with E-state index in [9.17, 15) is 4.39 Å². The van der Waals surface area contributed by atoms with Gasteiger partial charge >= 0.3 is 0 Å². The fourth-order valence-corrected chi connectivity index (χ4v) is 1.56. The zero-order valence-corrected chi connectivity index (χ0v) is 9.11. The molecular formula is C13H14FNO. The lowest BCUT2D eigenvalue weighted by molar-refractivity contribution is 0.467. The molecule has 0 aliphatic rings. The smallest absolute Gasteiger partial charge is 0.137 e. The summed E-state index contributed by atoms with van der Waals surface area (Å²) in [6.45, 7) is 1.98. The van der Waals surface area contributed by atoms with Gasteiger partial charge in [-0.25, -0.2) is 4.39 Å². The number of furan rings is 1. The summed E-state index contributed by atoms with van der Waals surface area (Å²) >= 11 is 0. The quantitative estimate of drug-likeness (QED) is 0.858. The van der Waals surface area contributed by atoms with Crippen molar-refractivity contribution in [2.75, 3.05) is 0 Å². The summed E-state index contributed by atoms with van der Waals surface area (Å²) in [7, 11) is 0. The van der Waals surface area contributed by atoms with Gasteiger partial charge in [-0.3, -0.25) is 0 Å². The van der Waals surface area contributed by atoms with Gasteiger partial charge in [-0.2, -0.15) is 0 Å². The third-order valence-corrected chi connectivity index (χ3v) is 2.57. The normalized spacial score (nSPS) is 12.7. The molecule has 1 unspecified atom stereocenters. The molecule has 2 rings (SSSR count). The van der Waals surface area contributed by atoms with Crippen molar-refractivity contribution >= 4 is 0 Å². The Morgan fingerprint density at radius 2 is 2.00 bits per heavy atom. The van der Waals surface area contributed by atoms with Crippen molar-refractivity contribution in [3.05, 3.63) is 48.0 Å². The summed E-state index contributed by atoms with van der Waals surface area (Å²) in [4.78, 5) is 0. The maximum atomic E-state index is 13.5. The average molecular weight is 219 g/mol. The zero-order valence-electron chi connectivity index (χ0n) is 9.11. The molecule has 0 aliphatic heterocycles.